The van der Waals surface area contributed by atoms with Gasteiger partial charge in [0.2, 0.25) is 11.0 Å². The summed E-state index contributed by atoms with van der Waals surface area (Å²) >= 11 is 2.59. The number of benzene rings is 1. The third-order valence-corrected chi connectivity index (χ3v) is 4.69. The van der Waals surface area contributed by atoms with Crippen LogP contribution in [-0.2, 0) is 11.3 Å². The second-order valence-corrected chi connectivity index (χ2v) is 6.75. The molecule has 0 radical (unpaired) electrons. The van der Waals surface area contributed by atoms with Crippen LogP contribution in [0.4, 0.5) is 9.93 Å². The fourth-order valence-corrected chi connectivity index (χ4v) is 3.16. The molecule has 0 unspecified atom stereocenters. The normalized spacial score (nSPS) is 10.0. The van der Waals surface area contributed by atoms with Gasteiger partial charge in [0.15, 0.2) is 4.34 Å². The molecule has 0 bridgehead atoms. The predicted octanol–water partition coefficient (Wildman–Crippen LogP) is 2.25. The van der Waals surface area contributed by atoms with Gasteiger partial charge in [0, 0.05) is 13.1 Å². The standard InChI is InChI=1S/C15H17N5O2S2/c1-2-8-16-13(22)18-12(21)10-23-15-20-19-14(24-15)17-9-11-6-4-3-5-7-11/h2-7H,1,8-10H2,(H,17,19)(H2,16,18,21,22). The van der Waals surface area contributed by atoms with Gasteiger partial charge in [0.1, 0.15) is 0 Å². The maximum Gasteiger partial charge on any atom is 0.321 e. The smallest absolute Gasteiger partial charge is 0.321 e. The first-order chi connectivity index (χ1) is 11.7. The summed E-state index contributed by atoms with van der Waals surface area (Å²) in [6, 6.07) is 9.41. The molecule has 3 amide bonds. The molecular formula is C15H17N5O2S2. The van der Waals surface area contributed by atoms with Crippen LogP contribution >= 0.6 is 23.1 Å². The molecule has 24 heavy (non-hydrogen) atoms. The topological polar surface area (TPSA) is 96.0 Å². The van der Waals surface area contributed by atoms with Crippen molar-refractivity contribution in [2.24, 2.45) is 0 Å². The molecule has 0 saturated carbocycles. The first kappa shape index (κ1) is 18.0. The lowest BCUT2D eigenvalue weighted by molar-refractivity contribution is -0.117. The number of carbonyl (C=O) groups is 2. The molecule has 0 aliphatic carbocycles. The minimum absolute atomic E-state index is 0.0921. The Bertz CT molecular complexity index is 690. The van der Waals surface area contributed by atoms with Gasteiger partial charge in [-0.3, -0.25) is 10.1 Å². The molecule has 0 aliphatic heterocycles. The lowest BCUT2D eigenvalue weighted by atomic mass is 10.2. The van der Waals surface area contributed by atoms with Crippen molar-refractivity contribution in [3.63, 3.8) is 0 Å². The first-order valence-electron chi connectivity index (χ1n) is 7.10. The molecule has 126 valence electrons. The molecule has 1 heterocycles. The number of nitrogens with zero attached hydrogens (tertiary/aromatic N) is 2. The van der Waals surface area contributed by atoms with Gasteiger partial charge >= 0.3 is 6.03 Å². The highest BCUT2D eigenvalue weighted by Gasteiger charge is 2.10. The molecule has 2 rings (SSSR count). The number of nitrogens with one attached hydrogen (secondary N) is 3. The van der Waals surface area contributed by atoms with E-state index in [1.54, 1.807) is 0 Å². The fraction of sp³-hybridized carbons (Fsp3) is 0.200. The van der Waals surface area contributed by atoms with Gasteiger partial charge in [-0.2, -0.15) is 0 Å². The van der Waals surface area contributed by atoms with Gasteiger partial charge in [-0.15, -0.1) is 16.8 Å². The summed E-state index contributed by atoms with van der Waals surface area (Å²) in [5, 5.41) is 16.6. The second-order valence-electron chi connectivity index (χ2n) is 4.55. The third kappa shape index (κ3) is 6.39. The Morgan fingerprint density at radius 1 is 1.25 bits per heavy atom. The number of hydrogen-bond donors (Lipinski definition) is 3. The molecule has 0 aliphatic rings. The molecule has 9 heteroatoms. The molecule has 1 aromatic heterocycles. The summed E-state index contributed by atoms with van der Waals surface area (Å²) in [5.41, 5.74) is 1.15. The van der Waals surface area contributed by atoms with Crippen LogP contribution < -0.4 is 16.0 Å². The Balaban J connectivity index is 1.72. The van der Waals surface area contributed by atoms with E-state index in [0.717, 1.165) is 5.56 Å². The largest absolute Gasteiger partial charge is 0.356 e. The van der Waals surface area contributed by atoms with Crippen LogP contribution in [-0.4, -0.2) is 34.4 Å². The summed E-state index contributed by atoms with van der Waals surface area (Å²) in [5.74, 6) is -0.301. The second kappa shape index (κ2) is 9.68. The van der Waals surface area contributed by atoms with E-state index in [9.17, 15) is 9.59 Å². The summed E-state index contributed by atoms with van der Waals surface area (Å²) in [6.45, 7) is 4.43. The average Bonchev–Trinajstić information content (AvgIpc) is 3.05. The van der Waals surface area contributed by atoms with E-state index in [4.69, 9.17) is 0 Å². The molecule has 1 aromatic carbocycles. The Hall–Kier alpha value is -2.39. The van der Waals surface area contributed by atoms with Crippen molar-refractivity contribution in [3.8, 4) is 0 Å². The molecule has 3 N–H and O–H groups in total. The lowest BCUT2D eigenvalue weighted by Crippen LogP contribution is -2.40. The summed E-state index contributed by atoms with van der Waals surface area (Å²) in [7, 11) is 0. The molecule has 0 fully saturated rings. The van der Waals surface area contributed by atoms with Crippen molar-refractivity contribution < 1.29 is 9.59 Å². The minimum atomic E-state index is -0.539. The molecular weight excluding hydrogens is 346 g/mol. The summed E-state index contributed by atoms with van der Waals surface area (Å²) in [4.78, 5) is 22.9. The fourth-order valence-electron chi connectivity index (χ4n) is 1.61. The van der Waals surface area contributed by atoms with E-state index in [1.165, 1.54) is 29.2 Å². The maximum atomic E-state index is 11.6. The van der Waals surface area contributed by atoms with E-state index in [1.807, 2.05) is 30.3 Å². The van der Waals surface area contributed by atoms with Crippen LogP contribution in [0.25, 0.3) is 0 Å². The van der Waals surface area contributed by atoms with Crippen LogP contribution in [0, 0.1) is 0 Å². The van der Waals surface area contributed by atoms with Crippen molar-refractivity contribution in [2.45, 2.75) is 10.9 Å². The van der Waals surface area contributed by atoms with E-state index in [2.05, 4.69) is 32.7 Å². The molecule has 7 nitrogen and oxygen atoms in total. The number of rotatable bonds is 8. The van der Waals surface area contributed by atoms with E-state index in [0.29, 0.717) is 22.6 Å². The van der Waals surface area contributed by atoms with Gasteiger partial charge in [0.05, 0.1) is 5.75 Å². The van der Waals surface area contributed by atoms with Crippen molar-refractivity contribution >= 4 is 40.2 Å². The predicted molar refractivity (Wildman–Crippen MR) is 96.1 cm³/mol. The van der Waals surface area contributed by atoms with Crippen LogP contribution in [0.3, 0.4) is 0 Å². The van der Waals surface area contributed by atoms with Gasteiger partial charge in [-0.1, -0.05) is 59.5 Å². The molecule has 0 spiro atoms. The van der Waals surface area contributed by atoms with E-state index in [-0.39, 0.29) is 5.75 Å². The van der Waals surface area contributed by atoms with Gasteiger partial charge in [-0.05, 0) is 5.56 Å². The zero-order chi connectivity index (χ0) is 17.2. The summed E-state index contributed by atoms with van der Waals surface area (Å²) in [6.07, 6.45) is 1.53. The molecule has 0 saturated heterocycles. The van der Waals surface area contributed by atoms with Crippen molar-refractivity contribution in [2.75, 3.05) is 17.6 Å². The number of imide groups is 1. The van der Waals surface area contributed by atoms with Crippen LogP contribution in [0.15, 0.2) is 47.3 Å². The number of anilines is 1. The summed E-state index contributed by atoms with van der Waals surface area (Å²) < 4.78 is 0.659. The number of amides is 3. The number of urea groups is 1. The van der Waals surface area contributed by atoms with Crippen molar-refractivity contribution in [1.29, 1.82) is 0 Å². The lowest BCUT2D eigenvalue weighted by Gasteiger charge is -2.03. The quantitative estimate of drug-likeness (QED) is 0.492. The highest BCUT2D eigenvalue weighted by atomic mass is 32.2. The van der Waals surface area contributed by atoms with E-state index < -0.39 is 11.9 Å². The highest BCUT2D eigenvalue weighted by molar-refractivity contribution is 8.01. The zero-order valence-corrected chi connectivity index (χ0v) is 14.5. The van der Waals surface area contributed by atoms with Crippen LogP contribution in [0.1, 0.15) is 5.56 Å². The average molecular weight is 363 g/mol. The first-order valence-corrected chi connectivity index (χ1v) is 8.90. The monoisotopic (exact) mass is 363 g/mol. The maximum absolute atomic E-state index is 11.6. The van der Waals surface area contributed by atoms with Crippen LogP contribution in [0.5, 0.6) is 0 Å². The minimum Gasteiger partial charge on any atom is -0.356 e. The van der Waals surface area contributed by atoms with Gasteiger partial charge in [0.25, 0.3) is 0 Å². The third-order valence-electron chi connectivity index (χ3n) is 2.68. The molecule has 2 aromatic rings. The Morgan fingerprint density at radius 3 is 2.79 bits per heavy atom. The SMILES string of the molecule is C=CCNC(=O)NC(=O)CSc1nnc(NCc2ccccc2)s1. The Morgan fingerprint density at radius 2 is 2.04 bits per heavy atom. The number of carbonyl (C=O) groups excluding carboxylic acids is 2. The zero-order valence-electron chi connectivity index (χ0n) is 12.8. The molecule has 0 atom stereocenters. The number of hydrogen-bond acceptors (Lipinski definition) is 7. The van der Waals surface area contributed by atoms with Crippen molar-refractivity contribution in [3.05, 3.63) is 48.6 Å². The van der Waals surface area contributed by atoms with Crippen LogP contribution in [0.2, 0.25) is 0 Å². The highest BCUT2D eigenvalue weighted by Crippen LogP contribution is 2.25. The Labute approximate surface area is 147 Å². The number of aromatic nitrogens is 2. The van der Waals surface area contributed by atoms with Crippen molar-refractivity contribution in [1.82, 2.24) is 20.8 Å². The van der Waals surface area contributed by atoms with Gasteiger partial charge in [-0.25, -0.2) is 4.79 Å². The van der Waals surface area contributed by atoms with E-state index >= 15 is 0 Å². The van der Waals surface area contributed by atoms with Gasteiger partial charge < -0.3 is 10.6 Å². The Kier molecular flexibility index (Phi) is 7.24. The number of thioether (sulfide) groups is 1.